The van der Waals surface area contributed by atoms with Crippen LogP contribution in [0.5, 0.6) is 0 Å². The highest BCUT2D eigenvalue weighted by molar-refractivity contribution is 5.19. The number of aryl methyl sites for hydroxylation is 2. The second-order valence-corrected chi connectivity index (χ2v) is 4.90. The van der Waals surface area contributed by atoms with Gasteiger partial charge in [-0.15, -0.1) is 0 Å². The second kappa shape index (κ2) is 6.48. The van der Waals surface area contributed by atoms with Crippen molar-refractivity contribution in [1.29, 1.82) is 0 Å². The van der Waals surface area contributed by atoms with Crippen molar-refractivity contribution < 1.29 is 0 Å². The first-order valence-electron chi connectivity index (χ1n) is 6.83. The number of rotatable bonds is 6. The lowest BCUT2D eigenvalue weighted by Crippen LogP contribution is -2.26. The highest BCUT2D eigenvalue weighted by atomic mass is 15.3. The third kappa shape index (κ3) is 3.64. The van der Waals surface area contributed by atoms with Crippen molar-refractivity contribution in [2.45, 2.75) is 32.7 Å². The summed E-state index contributed by atoms with van der Waals surface area (Å²) in [5, 5.41) is 8.05. The summed E-state index contributed by atoms with van der Waals surface area (Å²) >= 11 is 0. The summed E-state index contributed by atoms with van der Waals surface area (Å²) in [7, 11) is 2.01. The molecular formula is C15H22N4. The highest BCUT2D eigenvalue weighted by Gasteiger charge is 2.15. The molecule has 0 aliphatic heterocycles. The van der Waals surface area contributed by atoms with Crippen LogP contribution in [0, 0.1) is 6.92 Å². The average molecular weight is 258 g/mol. The van der Waals surface area contributed by atoms with Crippen molar-refractivity contribution in [1.82, 2.24) is 20.1 Å². The van der Waals surface area contributed by atoms with E-state index in [-0.39, 0.29) is 0 Å². The molecule has 0 aliphatic carbocycles. The van der Waals surface area contributed by atoms with Crippen molar-refractivity contribution >= 4 is 0 Å². The maximum atomic E-state index is 4.45. The minimum atomic E-state index is 0.300. The summed E-state index contributed by atoms with van der Waals surface area (Å²) in [6.45, 7) is 5.23. The third-order valence-electron chi connectivity index (χ3n) is 3.23. The molecule has 1 N–H and O–H groups in total. The highest BCUT2D eigenvalue weighted by Crippen LogP contribution is 2.18. The normalized spacial score (nSPS) is 12.6. The van der Waals surface area contributed by atoms with E-state index in [1.165, 1.54) is 11.3 Å². The molecule has 0 spiro atoms. The summed E-state index contributed by atoms with van der Waals surface area (Å²) in [5.41, 5.74) is 3.60. The van der Waals surface area contributed by atoms with Crippen LogP contribution in [0.25, 0.3) is 0 Å². The molecule has 0 aromatic carbocycles. The van der Waals surface area contributed by atoms with Gasteiger partial charge < -0.3 is 5.32 Å². The van der Waals surface area contributed by atoms with Crippen molar-refractivity contribution in [3.8, 4) is 0 Å². The minimum Gasteiger partial charge on any atom is -0.308 e. The number of nitrogens with zero attached hydrogens (tertiary/aromatic N) is 3. The molecule has 2 aromatic rings. The van der Waals surface area contributed by atoms with Crippen LogP contribution in [-0.2, 0) is 13.5 Å². The van der Waals surface area contributed by atoms with E-state index >= 15 is 0 Å². The van der Waals surface area contributed by atoms with Crippen LogP contribution in [0.1, 0.15) is 36.3 Å². The SMILES string of the molecule is CCCNC(Cc1ccncc1)c1cc(C)nn1C. The van der Waals surface area contributed by atoms with Crippen LogP contribution in [0.4, 0.5) is 0 Å². The summed E-state index contributed by atoms with van der Waals surface area (Å²) in [4.78, 5) is 4.07. The van der Waals surface area contributed by atoms with E-state index in [1.54, 1.807) is 0 Å². The van der Waals surface area contributed by atoms with E-state index < -0.39 is 0 Å². The first kappa shape index (κ1) is 13.7. The monoisotopic (exact) mass is 258 g/mol. The molecule has 1 atom stereocenters. The van der Waals surface area contributed by atoms with Gasteiger partial charge in [0.05, 0.1) is 17.4 Å². The Bertz CT molecular complexity index is 504. The van der Waals surface area contributed by atoms with E-state index in [1.807, 2.05) is 31.0 Å². The molecule has 0 aliphatic rings. The van der Waals surface area contributed by atoms with Crippen molar-refractivity contribution in [2.24, 2.45) is 7.05 Å². The Balaban J connectivity index is 2.18. The molecule has 19 heavy (non-hydrogen) atoms. The van der Waals surface area contributed by atoms with Gasteiger partial charge in [0.15, 0.2) is 0 Å². The van der Waals surface area contributed by atoms with Gasteiger partial charge in [-0.1, -0.05) is 6.92 Å². The van der Waals surface area contributed by atoms with Gasteiger partial charge in [0.2, 0.25) is 0 Å². The number of nitrogens with one attached hydrogen (secondary N) is 1. The van der Waals surface area contributed by atoms with Gasteiger partial charge in [-0.05, 0) is 50.1 Å². The summed E-state index contributed by atoms with van der Waals surface area (Å²) in [6, 6.07) is 6.61. The minimum absolute atomic E-state index is 0.300. The molecule has 1 unspecified atom stereocenters. The molecule has 2 rings (SSSR count). The molecule has 0 fully saturated rings. The number of aromatic nitrogens is 3. The van der Waals surface area contributed by atoms with E-state index in [0.29, 0.717) is 6.04 Å². The zero-order valence-electron chi connectivity index (χ0n) is 11.9. The van der Waals surface area contributed by atoms with Gasteiger partial charge in [-0.2, -0.15) is 5.10 Å². The predicted molar refractivity (Wildman–Crippen MR) is 76.9 cm³/mol. The van der Waals surface area contributed by atoms with E-state index in [0.717, 1.165) is 25.1 Å². The molecule has 2 heterocycles. The Kier molecular flexibility index (Phi) is 4.68. The van der Waals surface area contributed by atoms with Crippen molar-refractivity contribution in [3.05, 3.63) is 47.5 Å². The molecule has 0 saturated carbocycles. The van der Waals surface area contributed by atoms with Gasteiger partial charge in [0.25, 0.3) is 0 Å². The lowest BCUT2D eigenvalue weighted by molar-refractivity contribution is 0.493. The maximum Gasteiger partial charge on any atom is 0.0597 e. The number of hydrogen-bond donors (Lipinski definition) is 1. The Hall–Kier alpha value is -1.68. The van der Waals surface area contributed by atoms with Crippen LogP contribution in [0.3, 0.4) is 0 Å². The molecule has 0 bridgehead atoms. The topological polar surface area (TPSA) is 42.7 Å². The lowest BCUT2D eigenvalue weighted by Gasteiger charge is -2.19. The molecule has 0 radical (unpaired) electrons. The first-order valence-corrected chi connectivity index (χ1v) is 6.83. The Morgan fingerprint density at radius 1 is 1.32 bits per heavy atom. The Morgan fingerprint density at radius 2 is 2.05 bits per heavy atom. The summed E-state index contributed by atoms with van der Waals surface area (Å²) in [5.74, 6) is 0. The maximum absolute atomic E-state index is 4.45. The van der Waals surface area contributed by atoms with E-state index in [2.05, 4.69) is 40.5 Å². The van der Waals surface area contributed by atoms with Crippen molar-refractivity contribution in [3.63, 3.8) is 0 Å². The zero-order chi connectivity index (χ0) is 13.7. The van der Waals surface area contributed by atoms with Crippen LogP contribution in [0.2, 0.25) is 0 Å². The first-order chi connectivity index (χ1) is 9.20. The number of hydrogen-bond acceptors (Lipinski definition) is 3. The molecule has 4 heteroatoms. The average Bonchev–Trinajstić information content (AvgIpc) is 2.75. The largest absolute Gasteiger partial charge is 0.308 e. The molecular weight excluding hydrogens is 236 g/mol. The standard InChI is InChI=1S/C15H22N4/c1-4-7-17-14(11-13-5-8-16-9-6-13)15-10-12(2)18-19(15)3/h5-6,8-10,14,17H,4,7,11H2,1-3H3. The molecule has 2 aromatic heterocycles. The molecule has 0 saturated heterocycles. The van der Waals surface area contributed by atoms with Gasteiger partial charge in [-0.3, -0.25) is 9.67 Å². The smallest absolute Gasteiger partial charge is 0.0597 e. The van der Waals surface area contributed by atoms with Crippen LogP contribution in [-0.4, -0.2) is 21.3 Å². The van der Waals surface area contributed by atoms with Crippen molar-refractivity contribution in [2.75, 3.05) is 6.54 Å². The lowest BCUT2D eigenvalue weighted by atomic mass is 10.0. The van der Waals surface area contributed by atoms with Gasteiger partial charge in [0, 0.05) is 19.4 Å². The molecule has 4 nitrogen and oxygen atoms in total. The van der Waals surface area contributed by atoms with Crippen LogP contribution < -0.4 is 5.32 Å². The zero-order valence-corrected chi connectivity index (χ0v) is 11.9. The van der Waals surface area contributed by atoms with Gasteiger partial charge in [-0.25, -0.2) is 0 Å². The van der Waals surface area contributed by atoms with Gasteiger partial charge >= 0.3 is 0 Å². The number of pyridine rings is 1. The fourth-order valence-corrected chi connectivity index (χ4v) is 2.31. The Morgan fingerprint density at radius 3 is 2.63 bits per heavy atom. The fraction of sp³-hybridized carbons (Fsp3) is 0.467. The summed E-state index contributed by atoms with van der Waals surface area (Å²) in [6.07, 6.45) is 5.78. The van der Waals surface area contributed by atoms with Crippen LogP contribution in [0.15, 0.2) is 30.6 Å². The van der Waals surface area contributed by atoms with E-state index in [4.69, 9.17) is 0 Å². The second-order valence-electron chi connectivity index (χ2n) is 4.90. The fourth-order valence-electron chi connectivity index (χ4n) is 2.31. The third-order valence-corrected chi connectivity index (χ3v) is 3.23. The quantitative estimate of drug-likeness (QED) is 0.865. The summed E-state index contributed by atoms with van der Waals surface area (Å²) < 4.78 is 1.98. The Labute approximate surface area is 114 Å². The molecule has 102 valence electrons. The van der Waals surface area contributed by atoms with E-state index in [9.17, 15) is 0 Å². The van der Waals surface area contributed by atoms with Crippen LogP contribution >= 0.6 is 0 Å². The van der Waals surface area contributed by atoms with Gasteiger partial charge in [0.1, 0.15) is 0 Å². The predicted octanol–water partition coefficient (Wildman–Crippen LogP) is 2.41. The molecule has 0 amide bonds.